The van der Waals surface area contributed by atoms with Gasteiger partial charge in [-0.05, 0) is 75.7 Å². The fraction of sp³-hybridized carbons (Fsp3) is 0.281. The number of anilines is 4. The minimum absolute atomic E-state index is 0.0839. The van der Waals surface area contributed by atoms with E-state index in [9.17, 15) is 14.4 Å². The number of likely N-dealkylation sites (tertiary alicyclic amines) is 1. The number of hydrogen-bond acceptors (Lipinski definition) is 9. The largest absolute Gasteiger partial charge is 0.438 e. The van der Waals surface area contributed by atoms with Crippen molar-refractivity contribution in [2.24, 2.45) is 5.41 Å². The van der Waals surface area contributed by atoms with Crippen molar-refractivity contribution in [2.45, 2.75) is 40.2 Å². The van der Waals surface area contributed by atoms with E-state index in [-0.39, 0.29) is 29.7 Å². The molecule has 1 saturated heterocycles. The molecule has 0 spiro atoms. The number of carbonyl (C=O) groups excluding carboxylic acids is 3. The first-order valence-corrected chi connectivity index (χ1v) is 14.2. The smallest absolute Gasteiger partial charge is 0.338 e. The second kappa shape index (κ2) is 12.5. The van der Waals surface area contributed by atoms with Gasteiger partial charge in [0, 0.05) is 55.4 Å². The lowest BCUT2D eigenvalue weighted by atomic mass is 9.98. The molecule has 1 fully saturated rings. The molecule has 228 valence electrons. The maximum absolute atomic E-state index is 12.7. The third-order valence-electron chi connectivity index (χ3n) is 6.92. The van der Waals surface area contributed by atoms with Crippen molar-refractivity contribution in [3.63, 3.8) is 0 Å². The summed E-state index contributed by atoms with van der Waals surface area (Å²) in [6.07, 6.45) is 3.65. The molecule has 2 aromatic carbocycles. The van der Waals surface area contributed by atoms with E-state index in [1.165, 1.54) is 10.8 Å². The molecular formula is C32H35N7O5. The van der Waals surface area contributed by atoms with E-state index in [1.807, 2.05) is 29.2 Å². The predicted molar refractivity (Wildman–Crippen MR) is 168 cm³/mol. The number of ether oxygens (including phenoxy) is 1. The van der Waals surface area contributed by atoms with Gasteiger partial charge in [0.05, 0.1) is 10.8 Å². The predicted octanol–water partition coefficient (Wildman–Crippen LogP) is 5.13. The van der Waals surface area contributed by atoms with Crippen molar-refractivity contribution >= 4 is 51.8 Å². The highest BCUT2D eigenvalue weighted by Crippen LogP contribution is 2.32. The standard InChI is InChI=1S/C32H35N7O5/c1-6-27(41)34-23-8-7-9-25(18-23)43-29-26-15-17-39(44-30(42)32(3,4)5)28(26)36-31(37-29)35-22-12-10-21(11-13-22)33-24-14-16-38(19-24)20(2)40/h6-13,15,17-18,24,33H,1,14,16,19H2,2-5H3,(H,34,41)(H,35,36,37)/t24-/m0/s1. The Morgan fingerprint density at radius 1 is 1.02 bits per heavy atom. The molecule has 0 saturated carbocycles. The molecule has 0 aliphatic carbocycles. The van der Waals surface area contributed by atoms with Gasteiger partial charge in [-0.15, -0.1) is 0 Å². The zero-order valence-electron chi connectivity index (χ0n) is 25.1. The second-order valence-corrected chi connectivity index (χ2v) is 11.5. The monoisotopic (exact) mass is 597 g/mol. The minimum Gasteiger partial charge on any atom is -0.438 e. The van der Waals surface area contributed by atoms with Crippen LogP contribution in [0.15, 0.2) is 73.4 Å². The number of nitrogens with one attached hydrogen (secondary N) is 3. The van der Waals surface area contributed by atoms with Gasteiger partial charge in [0.25, 0.3) is 0 Å². The number of hydrogen-bond donors (Lipinski definition) is 3. The highest BCUT2D eigenvalue weighted by molar-refractivity contribution is 5.99. The lowest BCUT2D eigenvalue weighted by molar-refractivity contribution is -0.152. The van der Waals surface area contributed by atoms with Crippen molar-refractivity contribution in [1.29, 1.82) is 0 Å². The lowest BCUT2D eigenvalue weighted by Crippen LogP contribution is -2.31. The zero-order chi connectivity index (χ0) is 31.4. The van der Waals surface area contributed by atoms with E-state index in [0.717, 1.165) is 24.3 Å². The van der Waals surface area contributed by atoms with Gasteiger partial charge in [-0.2, -0.15) is 14.7 Å². The van der Waals surface area contributed by atoms with Gasteiger partial charge in [-0.1, -0.05) is 12.6 Å². The first-order valence-electron chi connectivity index (χ1n) is 14.2. The van der Waals surface area contributed by atoms with Crippen molar-refractivity contribution in [2.75, 3.05) is 29.0 Å². The molecule has 5 rings (SSSR count). The van der Waals surface area contributed by atoms with E-state index < -0.39 is 11.4 Å². The van der Waals surface area contributed by atoms with Crippen LogP contribution < -0.4 is 25.5 Å². The highest BCUT2D eigenvalue weighted by atomic mass is 16.7. The molecule has 2 amide bonds. The van der Waals surface area contributed by atoms with Crippen LogP contribution in [0.1, 0.15) is 34.1 Å². The van der Waals surface area contributed by atoms with E-state index in [1.54, 1.807) is 64.2 Å². The van der Waals surface area contributed by atoms with Crippen LogP contribution in [0.25, 0.3) is 11.0 Å². The second-order valence-electron chi connectivity index (χ2n) is 11.5. The molecule has 0 bridgehead atoms. The van der Waals surface area contributed by atoms with Crippen molar-refractivity contribution < 1.29 is 24.0 Å². The Morgan fingerprint density at radius 3 is 2.45 bits per heavy atom. The summed E-state index contributed by atoms with van der Waals surface area (Å²) >= 11 is 0. The summed E-state index contributed by atoms with van der Waals surface area (Å²) in [6.45, 7) is 11.8. The Morgan fingerprint density at radius 2 is 1.77 bits per heavy atom. The summed E-state index contributed by atoms with van der Waals surface area (Å²) < 4.78 is 7.46. The Hall–Kier alpha value is -5.39. The average molecular weight is 598 g/mol. The highest BCUT2D eigenvalue weighted by Gasteiger charge is 2.26. The molecule has 4 aromatic rings. The third kappa shape index (κ3) is 7.14. The quantitative estimate of drug-likeness (QED) is 0.224. The van der Waals surface area contributed by atoms with Crippen LogP contribution in [0.2, 0.25) is 0 Å². The van der Waals surface area contributed by atoms with Gasteiger partial charge in [-0.3, -0.25) is 9.59 Å². The van der Waals surface area contributed by atoms with Gasteiger partial charge in [-0.25, -0.2) is 4.79 Å². The van der Waals surface area contributed by atoms with Crippen LogP contribution >= 0.6 is 0 Å². The molecule has 0 unspecified atom stereocenters. The Balaban J connectivity index is 1.41. The molecular weight excluding hydrogens is 562 g/mol. The normalized spacial score (nSPS) is 14.6. The van der Waals surface area contributed by atoms with Crippen LogP contribution in [0.4, 0.5) is 23.0 Å². The summed E-state index contributed by atoms with van der Waals surface area (Å²) in [5.74, 6) is 0.142. The Bertz CT molecular complexity index is 1710. The maximum Gasteiger partial charge on any atom is 0.338 e. The molecule has 1 aliphatic rings. The fourth-order valence-corrected chi connectivity index (χ4v) is 4.52. The first-order chi connectivity index (χ1) is 21.0. The topological polar surface area (TPSA) is 140 Å². The Kier molecular flexibility index (Phi) is 8.52. The number of fused-ring (bicyclic) bond motifs is 1. The van der Waals surface area contributed by atoms with Crippen molar-refractivity contribution in [1.82, 2.24) is 19.6 Å². The van der Waals surface area contributed by atoms with Crippen molar-refractivity contribution in [3.8, 4) is 11.6 Å². The maximum atomic E-state index is 12.7. The van der Waals surface area contributed by atoms with Crippen LogP contribution in [-0.4, -0.2) is 56.5 Å². The van der Waals surface area contributed by atoms with Gasteiger partial charge in [0.15, 0.2) is 5.65 Å². The number of rotatable bonds is 9. The molecule has 1 aliphatic heterocycles. The van der Waals surface area contributed by atoms with Gasteiger partial charge in [0.2, 0.25) is 23.6 Å². The summed E-state index contributed by atoms with van der Waals surface area (Å²) in [4.78, 5) is 52.8. The molecule has 12 heteroatoms. The van der Waals surface area contributed by atoms with Gasteiger partial charge >= 0.3 is 5.97 Å². The molecule has 2 aromatic heterocycles. The Labute approximate surface area is 255 Å². The zero-order valence-corrected chi connectivity index (χ0v) is 25.1. The van der Waals surface area contributed by atoms with Crippen LogP contribution in [-0.2, 0) is 14.4 Å². The fourth-order valence-electron chi connectivity index (χ4n) is 4.52. The summed E-state index contributed by atoms with van der Waals surface area (Å²) in [5.41, 5.74) is 1.75. The number of benzene rings is 2. The van der Waals surface area contributed by atoms with Crippen molar-refractivity contribution in [3.05, 3.63) is 73.4 Å². The SMILES string of the molecule is C=CC(=O)Nc1cccc(Oc2nc(Nc3ccc(N[C@H]4CCN(C(C)=O)C4)cc3)nc3c2ccn3OC(=O)C(C)(C)C)c1. The number of carbonyl (C=O) groups is 3. The molecule has 3 heterocycles. The number of amides is 2. The van der Waals surface area contributed by atoms with E-state index in [2.05, 4.69) is 32.5 Å². The third-order valence-corrected chi connectivity index (χ3v) is 6.92. The van der Waals surface area contributed by atoms with E-state index in [4.69, 9.17) is 9.57 Å². The van der Waals surface area contributed by atoms with Gasteiger partial charge in [0.1, 0.15) is 5.75 Å². The summed E-state index contributed by atoms with van der Waals surface area (Å²) in [7, 11) is 0. The lowest BCUT2D eigenvalue weighted by Gasteiger charge is -2.17. The van der Waals surface area contributed by atoms with Crippen LogP contribution in [0.3, 0.4) is 0 Å². The molecule has 3 N–H and O–H groups in total. The summed E-state index contributed by atoms with van der Waals surface area (Å²) in [5, 5.41) is 9.90. The molecule has 44 heavy (non-hydrogen) atoms. The number of aromatic nitrogens is 3. The molecule has 1 atom stereocenters. The first kappa shape index (κ1) is 30.1. The van der Waals surface area contributed by atoms with Gasteiger partial charge < -0.3 is 30.4 Å². The minimum atomic E-state index is -0.737. The van der Waals surface area contributed by atoms with Crippen LogP contribution in [0, 0.1) is 5.41 Å². The molecule has 0 radical (unpaired) electrons. The number of nitrogens with zero attached hydrogens (tertiary/aromatic N) is 4. The molecule has 12 nitrogen and oxygen atoms in total. The average Bonchev–Trinajstić information content (AvgIpc) is 3.61. The van der Waals surface area contributed by atoms with E-state index >= 15 is 0 Å². The summed E-state index contributed by atoms with van der Waals surface area (Å²) in [6, 6.07) is 16.4. The van der Waals surface area contributed by atoms with Crippen LogP contribution in [0.5, 0.6) is 11.6 Å². The van der Waals surface area contributed by atoms with E-state index in [0.29, 0.717) is 29.0 Å².